The van der Waals surface area contributed by atoms with Crippen molar-refractivity contribution in [3.63, 3.8) is 0 Å². The number of ether oxygens (including phenoxy) is 1. The summed E-state index contributed by atoms with van der Waals surface area (Å²) in [7, 11) is -1.31. The van der Waals surface area contributed by atoms with Crippen molar-refractivity contribution in [2.45, 2.75) is 6.10 Å². The third-order valence-electron chi connectivity index (χ3n) is 1.78. The van der Waals surface area contributed by atoms with Crippen molar-refractivity contribution in [2.24, 2.45) is 4.99 Å². The minimum Gasteiger partial charge on any atom is -0.464 e. The molecule has 2 rings (SSSR count). The van der Waals surface area contributed by atoms with Crippen LogP contribution in [0.5, 0.6) is 0 Å². The summed E-state index contributed by atoms with van der Waals surface area (Å²) in [6, 6.07) is 0. The van der Waals surface area contributed by atoms with E-state index in [-0.39, 0.29) is 0 Å². The molecule has 2 aliphatic rings. The molecule has 2 aliphatic heterocycles. The molecule has 2 unspecified atom stereocenters. The maximum absolute atomic E-state index is 11.6. The zero-order valence-corrected chi connectivity index (χ0v) is 7.94. The fraction of sp³-hybridized carbons (Fsp3) is 0.111. The third kappa shape index (κ3) is 1.58. The Balaban J connectivity index is 2.29. The van der Waals surface area contributed by atoms with E-state index in [1.165, 1.54) is 5.41 Å². The monoisotopic (exact) mass is 209 g/mol. The third-order valence-corrected chi connectivity index (χ3v) is 3.00. The topological polar surface area (TPSA) is 55.7 Å². The van der Waals surface area contributed by atoms with E-state index in [4.69, 9.17) is 4.74 Å². The Labute approximate surface area is 83.1 Å². The van der Waals surface area contributed by atoms with Crippen LogP contribution in [0.1, 0.15) is 0 Å². The first kappa shape index (κ1) is 9.08. The van der Waals surface area contributed by atoms with Crippen molar-refractivity contribution in [3.05, 3.63) is 34.6 Å². The lowest BCUT2D eigenvalue weighted by atomic mass is 10.3. The van der Waals surface area contributed by atoms with Crippen LogP contribution in [0.25, 0.3) is 0 Å². The Hall–Kier alpha value is -1.49. The lowest BCUT2D eigenvalue weighted by molar-refractivity contribution is -0.121. The molecule has 0 saturated heterocycles. The van der Waals surface area contributed by atoms with Gasteiger partial charge in [-0.15, -0.1) is 0 Å². The van der Waals surface area contributed by atoms with Gasteiger partial charge in [0.15, 0.2) is 6.40 Å². The first-order valence-corrected chi connectivity index (χ1v) is 5.18. The summed E-state index contributed by atoms with van der Waals surface area (Å²) in [5, 5.41) is 1.50. The molecule has 72 valence electrons. The van der Waals surface area contributed by atoms with E-state index in [1.54, 1.807) is 24.3 Å². The Morgan fingerprint density at radius 3 is 2.93 bits per heavy atom. The maximum Gasteiger partial charge on any atom is 0.294 e. The van der Waals surface area contributed by atoms with Gasteiger partial charge in [0, 0.05) is 5.41 Å². The van der Waals surface area contributed by atoms with E-state index in [2.05, 4.69) is 4.99 Å². The minimum absolute atomic E-state index is 0.409. The summed E-state index contributed by atoms with van der Waals surface area (Å²) in [5.41, 5.74) is 0. The predicted octanol–water partition coefficient (Wildman–Crippen LogP) is 0.656. The van der Waals surface area contributed by atoms with Crippen molar-refractivity contribution in [3.8, 4) is 0 Å². The number of allylic oxidation sites excluding steroid dienone is 4. The number of rotatable bonds is 1. The second kappa shape index (κ2) is 3.71. The zero-order chi connectivity index (χ0) is 9.97. The van der Waals surface area contributed by atoms with E-state index in [0.717, 1.165) is 6.40 Å². The lowest BCUT2D eigenvalue weighted by Gasteiger charge is -2.08. The lowest BCUT2D eigenvalue weighted by Crippen LogP contribution is -2.21. The average Bonchev–Trinajstić information content (AvgIpc) is 2.46. The fourth-order valence-corrected chi connectivity index (χ4v) is 2.10. The van der Waals surface area contributed by atoms with Crippen LogP contribution in [0.2, 0.25) is 0 Å². The van der Waals surface area contributed by atoms with E-state index < -0.39 is 22.8 Å². The molecule has 0 aliphatic carbocycles. The molecule has 0 saturated carbocycles. The van der Waals surface area contributed by atoms with Crippen molar-refractivity contribution in [2.75, 3.05) is 0 Å². The highest BCUT2D eigenvalue weighted by Gasteiger charge is 2.30. The Kier molecular flexibility index (Phi) is 2.41. The van der Waals surface area contributed by atoms with Crippen molar-refractivity contribution < 1.29 is 13.7 Å². The number of hydrogen-bond acceptors (Lipinski definition) is 3. The molecule has 0 fully saturated rings. The van der Waals surface area contributed by atoms with Gasteiger partial charge in [-0.05, 0) is 6.08 Å². The summed E-state index contributed by atoms with van der Waals surface area (Å²) in [4.78, 5) is 15.1. The quantitative estimate of drug-likeness (QED) is 0.637. The number of hydrogen-bond donors (Lipinski definition) is 0. The molecule has 0 aromatic carbocycles. The number of nitrogens with zero attached hydrogens (tertiary/aromatic N) is 1. The van der Waals surface area contributed by atoms with Gasteiger partial charge in [-0.25, -0.2) is 4.21 Å². The molecule has 0 radical (unpaired) electrons. The molecule has 0 N–H and O–H groups in total. The normalized spacial score (nSPS) is 30.0. The predicted molar refractivity (Wildman–Crippen MR) is 52.9 cm³/mol. The first-order valence-electron chi connectivity index (χ1n) is 3.96. The fourth-order valence-electron chi connectivity index (χ4n) is 1.13. The Morgan fingerprint density at radius 1 is 1.36 bits per heavy atom. The van der Waals surface area contributed by atoms with E-state index >= 15 is 0 Å². The second-order valence-electron chi connectivity index (χ2n) is 2.67. The van der Waals surface area contributed by atoms with Crippen LogP contribution in [-0.2, 0) is 20.3 Å². The van der Waals surface area contributed by atoms with Crippen LogP contribution in [0.3, 0.4) is 0 Å². The van der Waals surface area contributed by atoms with E-state index in [1.807, 2.05) is 0 Å². The number of aliphatic imine (C=N–C) groups is 1. The van der Waals surface area contributed by atoms with Gasteiger partial charge in [0.05, 0.1) is 15.7 Å². The highest BCUT2D eigenvalue weighted by atomic mass is 32.2. The van der Waals surface area contributed by atoms with Crippen molar-refractivity contribution >= 4 is 23.1 Å². The van der Waals surface area contributed by atoms with Crippen molar-refractivity contribution in [1.29, 1.82) is 0 Å². The van der Waals surface area contributed by atoms with Gasteiger partial charge in [-0.3, -0.25) is 4.79 Å². The molecule has 1 amide bonds. The van der Waals surface area contributed by atoms with Gasteiger partial charge in [-0.2, -0.15) is 4.99 Å². The molecule has 2 atom stereocenters. The molecule has 2 heterocycles. The largest absolute Gasteiger partial charge is 0.464 e. The van der Waals surface area contributed by atoms with Crippen LogP contribution in [0.15, 0.2) is 39.6 Å². The smallest absolute Gasteiger partial charge is 0.294 e. The average molecular weight is 209 g/mol. The zero-order valence-electron chi connectivity index (χ0n) is 7.12. The molecule has 0 aromatic rings. The van der Waals surface area contributed by atoms with E-state index in [0.29, 0.717) is 4.91 Å². The van der Waals surface area contributed by atoms with Crippen LogP contribution < -0.4 is 0 Å². The highest BCUT2D eigenvalue weighted by Crippen LogP contribution is 2.18. The SMILES string of the molecule is O=C1N=COC1C1=CC=CC=CS1=O. The van der Waals surface area contributed by atoms with Crippen LogP contribution in [0, 0.1) is 0 Å². The van der Waals surface area contributed by atoms with Gasteiger partial charge in [0.25, 0.3) is 5.91 Å². The standard InChI is InChI=1S/C9H7NO3S/c11-9-8(13-6-10-9)7-4-2-1-3-5-14(7)12/h1-6,8H. The summed E-state index contributed by atoms with van der Waals surface area (Å²) < 4.78 is 16.5. The summed E-state index contributed by atoms with van der Waals surface area (Å²) >= 11 is 0. The second-order valence-corrected chi connectivity index (χ2v) is 4.01. The molecule has 5 heteroatoms. The summed E-state index contributed by atoms with van der Waals surface area (Å²) in [6.07, 6.45) is 7.01. The summed E-state index contributed by atoms with van der Waals surface area (Å²) in [5.74, 6) is -0.409. The Morgan fingerprint density at radius 2 is 2.21 bits per heavy atom. The Bertz CT molecular complexity index is 406. The number of carbonyl (C=O) groups excluding carboxylic acids is 1. The van der Waals surface area contributed by atoms with Gasteiger partial charge in [0.2, 0.25) is 6.10 Å². The molecule has 0 aromatic heterocycles. The van der Waals surface area contributed by atoms with Crippen LogP contribution in [-0.4, -0.2) is 22.6 Å². The van der Waals surface area contributed by atoms with Gasteiger partial charge < -0.3 is 4.74 Å². The first-order chi connectivity index (χ1) is 6.79. The molecule has 0 spiro atoms. The minimum atomic E-state index is -1.31. The highest BCUT2D eigenvalue weighted by molar-refractivity contribution is 7.92. The van der Waals surface area contributed by atoms with E-state index in [9.17, 15) is 9.00 Å². The van der Waals surface area contributed by atoms with Crippen LogP contribution >= 0.6 is 0 Å². The van der Waals surface area contributed by atoms with Crippen LogP contribution in [0.4, 0.5) is 0 Å². The molecule has 4 nitrogen and oxygen atoms in total. The van der Waals surface area contributed by atoms with Gasteiger partial charge >= 0.3 is 0 Å². The molecular weight excluding hydrogens is 202 g/mol. The maximum atomic E-state index is 11.6. The summed E-state index contributed by atoms with van der Waals surface area (Å²) in [6.45, 7) is 0. The van der Waals surface area contributed by atoms with Crippen molar-refractivity contribution in [1.82, 2.24) is 0 Å². The van der Waals surface area contributed by atoms with Gasteiger partial charge in [0.1, 0.15) is 0 Å². The molecule has 0 bridgehead atoms. The molecule has 14 heavy (non-hydrogen) atoms. The number of amides is 1. The molecular formula is C9H7NO3S. The number of carbonyl (C=O) groups is 1. The van der Waals surface area contributed by atoms with Gasteiger partial charge in [-0.1, -0.05) is 18.2 Å².